The van der Waals surface area contributed by atoms with E-state index in [4.69, 9.17) is 10.5 Å². The lowest BCUT2D eigenvalue weighted by Crippen LogP contribution is -2.78. The fourth-order valence-electron chi connectivity index (χ4n) is 6.26. The molecule has 0 aliphatic heterocycles. The van der Waals surface area contributed by atoms with Crippen LogP contribution in [0.5, 0.6) is 5.75 Å². The highest BCUT2D eigenvalue weighted by molar-refractivity contribution is 6.32. The molecule has 2 fully saturated rings. The maximum Gasteiger partial charge on any atom is 0.302 e. The highest BCUT2D eigenvalue weighted by Gasteiger charge is 2.73. The molecule has 1 aromatic rings. The highest BCUT2D eigenvalue weighted by atomic mass is 16.5. The molecule has 1 amide bonds. The molecule has 0 saturated heterocycles. The zero-order valence-corrected chi connectivity index (χ0v) is 19.6. The summed E-state index contributed by atoms with van der Waals surface area (Å²) in [6.07, 6.45) is -1.43. The molecule has 4 rings (SSSR count). The Labute approximate surface area is 200 Å². The first-order valence-electron chi connectivity index (χ1n) is 11.1. The molecule has 3 aliphatic carbocycles. The summed E-state index contributed by atoms with van der Waals surface area (Å²) in [5.74, 6) is -14.1. The molecule has 2 unspecified atom stereocenters. The van der Waals surface area contributed by atoms with Gasteiger partial charge in [-0.2, -0.15) is 0 Å². The summed E-state index contributed by atoms with van der Waals surface area (Å²) < 4.78 is 5.57. The molecule has 0 aromatic heterocycles. The van der Waals surface area contributed by atoms with Crippen LogP contribution in [0.4, 0.5) is 0 Å². The zero-order valence-electron chi connectivity index (χ0n) is 19.6. The number of ketones is 4. The minimum Gasteiger partial charge on any atom is -0.507 e. The first-order valence-corrected chi connectivity index (χ1v) is 11.1. The van der Waals surface area contributed by atoms with E-state index >= 15 is 0 Å². The third-order valence-electron chi connectivity index (χ3n) is 7.63. The highest BCUT2D eigenvalue weighted by Crippen LogP contribution is 2.55. The number of aromatic hydroxyl groups is 1. The van der Waals surface area contributed by atoms with E-state index in [1.807, 2.05) is 0 Å². The Bertz CT molecular complexity index is 1190. The van der Waals surface area contributed by atoms with Crippen LogP contribution in [0.2, 0.25) is 0 Å². The Morgan fingerprint density at radius 3 is 2.29 bits per heavy atom. The molecule has 8 atom stereocenters. The number of nitrogens with zero attached hydrogens (tertiary/aromatic N) is 1. The van der Waals surface area contributed by atoms with Gasteiger partial charge in [0.2, 0.25) is 5.91 Å². The quantitative estimate of drug-likeness (QED) is 0.353. The van der Waals surface area contributed by atoms with E-state index < -0.39 is 82.3 Å². The van der Waals surface area contributed by atoms with E-state index in [9.17, 15) is 39.0 Å². The number of likely N-dealkylation sites (N-methyl/N-ethyl adjacent to an activating group) is 1. The van der Waals surface area contributed by atoms with Gasteiger partial charge in [-0.1, -0.05) is 19.1 Å². The summed E-state index contributed by atoms with van der Waals surface area (Å²) in [6, 6.07) is 2.98. The number of benzene rings is 1. The van der Waals surface area contributed by atoms with Gasteiger partial charge in [0.05, 0.1) is 23.4 Å². The van der Waals surface area contributed by atoms with Gasteiger partial charge in [-0.3, -0.25) is 33.7 Å². The average Bonchev–Trinajstić information content (AvgIpc) is 2.75. The molecule has 1 aromatic carbocycles. The summed E-state index contributed by atoms with van der Waals surface area (Å²) in [6.45, 7) is 2.75. The van der Waals surface area contributed by atoms with Crippen molar-refractivity contribution in [1.82, 2.24) is 4.90 Å². The lowest BCUT2D eigenvalue weighted by Gasteiger charge is -2.56. The van der Waals surface area contributed by atoms with Gasteiger partial charge in [-0.15, -0.1) is 0 Å². The van der Waals surface area contributed by atoms with E-state index in [1.165, 1.54) is 31.1 Å². The largest absolute Gasteiger partial charge is 0.507 e. The molecule has 11 heteroatoms. The Hall–Kier alpha value is -3.44. The average molecular weight is 486 g/mol. The van der Waals surface area contributed by atoms with Crippen molar-refractivity contribution < 1.29 is 43.7 Å². The van der Waals surface area contributed by atoms with Crippen LogP contribution < -0.4 is 5.73 Å². The van der Waals surface area contributed by atoms with Crippen molar-refractivity contribution in [3.63, 3.8) is 0 Å². The normalized spacial score (nSPS) is 36.3. The first-order chi connectivity index (χ1) is 16.3. The number of fused-ring (bicyclic) bond motifs is 3. The molecule has 0 radical (unpaired) electrons. The minimum absolute atomic E-state index is 0.131. The van der Waals surface area contributed by atoms with Crippen LogP contribution in [-0.2, 0) is 28.7 Å². The zero-order chi connectivity index (χ0) is 26.1. The Morgan fingerprint density at radius 1 is 1.11 bits per heavy atom. The second kappa shape index (κ2) is 8.06. The Morgan fingerprint density at radius 2 is 1.74 bits per heavy atom. The van der Waals surface area contributed by atoms with Crippen LogP contribution in [0, 0.1) is 23.7 Å². The van der Waals surface area contributed by atoms with E-state index in [-0.39, 0.29) is 11.3 Å². The molecule has 3 aliphatic rings. The van der Waals surface area contributed by atoms with Crippen molar-refractivity contribution in [2.45, 2.75) is 37.5 Å². The predicted molar refractivity (Wildman–Crippen MR) is 117 cm³/mol. The molecule has 0 spiro atoms. The van der Waals surface area contributed by atoms with E-state index in [1.54, 1.807) is 13.0 Å². The van der Waals surface area contributed by atoms with Crippen molar-refractivity contribution in [2.75, 3.05) is 14.1 Å². The number of hydrogen-bond acceptors (Lipinski definition) is 10. The molecule has 11 nitrogen and oxygen atoms in total. The van der Waals surface area contributed by atoms with Gasteiger partial charge in [0.15, 0.2) is 34.7 Å². The van der Waals surface area contributed by atoms with Gasteiger partial charge in [0.1, 0.15) is 11.9 Å². The van der Waals surface area contributed by atoms with Crippen molar-refractivity contribution >= 4 is 35.0 Å². The summed E-state index contributed by atoms with van der Waals surface area (Å²) in [5.41, 5.74) is 2.56. The lowest BCUT2D eigenvalue weighted by molar-refractivity contribution is -0.205. The molecule has 186 valence electrons. The van der Waals surface area contributed by atoms with E-state index in [0.29, 0.717) is 5.56 Å². The van der Waals surface area contributed by atoms with Gasteiger partial charge >= 0.3 is 5.97 Å². The molecule has 0 heterocycles. The number of primary amides is 1. The van der Waals surface area contributed by atoms with Crippen LogP contribution in [0.25, 0.3) is 0 Å². The van der Waals surface area contributed by atoms with Gasteiger partial charge in [0.25, 0.3) is 0 Å². The number of nitrogens with two attached hydrogens (primary N) is 1. The van der Waals surface area contributed by atoms with Crippen molar-refractivity contribution in [1.29, 1.82) is 0 Å². The number of phenolic OH excluding ortho intramolecular Hbond substituents is 1. The van der Waals surface area contributed by atoms with Crippen molar-refractivity contribution in [2.24, 2.45) is 29.4 Å². The third-order valence-corrected chi connectivity index (χ3v) is 7.63. The fourth-order valence-corrected chi connectivity index (χ4v) is 6.26. The third kappa shape index (κ3) is 3.18. The number of amides is 1. The summed E-state index contributed by atoms with van der Waals surface area (Å²) in [4.78, 5) is 79.7. The van der Waals surface area contributed by atoms with Crippen molar-refractivity contribution in [3.8, 4) is 5.75 Å². The maximum atomic E-state index is 13.9. The smallest absolute Gasteiger partial charge is 0.302 e. The van der Waals surface area contributed by atoms with Crippen LogP contribution in [0.15, 0.2) is 18.2 Å². The fraction of sp³-hybridized carbons (Fsp3) is 0.500. The Balaban J connectivity index is 2.03. The Kier molecular flexibility index (Phi) is 5.68. The predicted octanol–water partition coefficient (Wildman–Crippen LogP) is -1.03. The van der Waals surface area contributed by atoms with Crippen LogP contribution >= 0.6 is 0 Å². The first kappa shape index (κ1) is 24.7. The molecule has 35 heavy (non-hydrogen) atoms. The van der Waals surface area contributed by atoms with Crippen LogP contribution in [0.3, 0.4) is 0 Å². The number of phenols is 1. The van der Waals surface area contributed by atoms with Gasteiger partial charge in [-0.25, -0.2) is 0 Å². The molecule has 2 saturated carbocycles. The van der Waals surface area contributed by atoms with Crippen molar-refractivity contribution in [3.05, 3.63) is 29.3 Å². The number of carbonyl (C=O) groups is 6. The standard InChI is InChI=1S/C24H26N2O9/c1-8-10-6-5-7-11(28)13(10)18(29)14-12(8)20(35-9(2)27)16-17(26(3)4)19(30)15(23(25)33)22(32)24(16,34)21(14)31/h5-8,12,14-17,20,28,34H,1-4H3,(H2,25,33)/t8-,12+,14?,15?,16+,17-,20-,24-/m1/s1. The number of esters is 1. The summed E-state index contributed by atoms with van der Waals surface area (Å²) in [5, 5.41) is 22.1. The van der Waals surface area contributed by atoms with Gasteiger partial charge in [-0.05, 0) is 31.6 Å². The van der Waals surface area contributed by atoms with Gasteiger partial charge < -0.3 is 20.7 Å². The number of carbonyl (C=O) groups excluding carboxylic acids is 6. The van der Waals surface area contributed by atoms with Crippen LogP contribution in [-0.4, -0.2) is 82.0 Å². The SMILES string of the molecule is CC(=O)O[C@@H]1[C@@H]2C(C(=O)c3c(O)cccc3[C@H]2C)C(=O)[C@@]2(O)C(=O)C(C(N)=O)C(=O)[C@H](N(C)C)[C@@H]12. The topological polar surface area (TPSA) is 181 Å². The molecular weight excluding hydrogens is 460 g/mol. The number of hydrogen-bond donors (Lipinski definition) is 3. The lowest BCUT2D eigenvalue weighted by atomic mass is 9.49. The maximum absolute atomic E-state index is 13.9. The molecular formula is C24H26N2O9. The van der Waals surface area contributed by atoms with Gasteiger partial charge in [0, 0.05) is 12.8 Å². The number of rotatable bonds is 3. The second-order valence-corrected chi connectivity index (χ2v) is 9.69. The molecule has 0 bridgehead atoms. The minimum atomic E-state index is -3.01. The molecule has 4 N–H and O–H groups in total. The second-order valence-electron chi connectivity index (χ2n) is 9.69. The number of Topliss-reactive ketones (excluding diaryl/α,β-unsaturated/α-hetero) is 4. The monoisotopic (exact) mass is 486 g/mol. The number of ether oxygens (including phenoxy) is 1. The van der Waals surface area contributed by atoms with Crippen LogP contribution in [0.1, 0.15) is 35.7 Å². The van der Waals surface area contributed by atoms with E-state index in [2.05, 4.69) is 0 Å². The number of aliphatic hydroxyl groups is 1. The summed E-state index contributed by atoms with van der Waals surface area (Å²) in [7, 11) is 2.89. The van der Waals surface area contributed by atoms with E-state index in [0.717, 1.165) is 6.92 Å². The summed E-state index contributed by atoms with van der Waals surface area (Å²) >= 11 is 0.